The normalized spacial score (nSPS) is 10.8. The number of carbonyl (C=O) groups is 1. The molecule has 0 aliphatic heterocycles. The molecule has 0 aliphatic rings. The average molecular weight is 464 g/mol. The van der Waals surface area contributed by atoms with Gasteiger partial charge in [0.2, 0.25) is 5.75 Å². The lowest BCUT2D eigenvalue weighted by Crippen LogP contribution is -2.16. The third-order valence-electron chi connectivity index (χ3n) is 5.34. The number of ether oxygens (including phenoxy) is 4. The fourth-order valence-electron chi connectivity index (χ4n) is 3.94. The standard InChI is InChI=1S/C24H24N4O6/c1-5-34-14-8-6-13(7-9-14)18-16(12-17(31-2)21(32-3)22(18)33-4)28-15-10-11-26-20(23(25)29)19(15)27-24(28)30/h6-12H,5H2,1-4H3,(H2,25,29)(H,27,30). The monoisotopic (exact) mass is 464 g/mol. The number of nitrogens with one attached hydrogen (secondary N) is 1. The highest BCUT2D eigenvalue weighted by Crippen LogP contribution is 2.48. The van der Waals surface area contributed by atoms with Gasteiger partial charge in [0.1, 0.15) is 5.75 Å². The largest absolute Gasteiger partial charge is 0.494 e. The third-order valence-corrected chi connectivity index (χ3v) is 5.34. The van der Waals surface area contributed by atoms with E-state index in [1.54, 1.807) is 12.1 Å². The summed E-state index contributed by atoms with van der Waals surface area (Å²) in [5, 5.41) is 0. The molecule has 2 aromatic heterocycles. The second-order valence-corrected chi connectivity index (χ2v) is 7.18. The van der Waals surface area contributed by atoms with E-state index in [9.17, 15) is 9.59 Å². The van der Waals surface area contributed by atoms with Crippen molar-refractivity contribution >= 4 is 16.9 Å². The fourth-order valence-corrected chi connectivity index (χ4v) is 3.94. The summed E-state index contributed by atoms with van der Waals surface area (Å²) in [6.07, 6.45) is 1.42. The van der Waals surface area contributed by atoms with E-state index < -0.39 is 11.6 Å². The number of fused-ring (bicyclic) bond motifs is 1. The zero-order valence-corrected chi connectivity index (χ0v) is 19.2. The molecule has 0 saturated heterocycles. The van der Waals surface area contributed by atoms with E-state index in [1.807, 2.05) is 31.2 Å². The molecule has 3 N–H and O–H groups in total. The van der Waals surface area contributed by atoms with Crippen LogP contribution in [0, 0.1) is 0 Å². The maximum Gasteiger partial charge on any atom is 0.331 e. The topological polar surface area (TPSA) is 131 Å². The summed E-state index contributed by atoms with van der Waals surface area (Å²) in [4.78, 5) is 31.8. The first-order valence-corrected chi connectivity index (χ1v) is 10.4. The first-order chi connectivity index (χ1) is 16.4. The van der Waals surface area contributed by atoms with E-state index in [-0.39, 0.29) is 11.2 Å². The van der Waals surface area contributed by atoms with Gasteiger partial charge < -0.3 is 29.7 Å². The van der Waals surface area contributed by atoms with Gasteiger partial charge in [0.05, 0.1) is 50.2 Å². The smallest absolute Gasteiger partial charge is 0.331 e. The van der Waals surface area contributed by atoms with E-state index in [4.69, 9.17) is 24.7 Å². The molecule has 4 aromatic rings. The van der Waals surface area contributed by atoms with Gasteiger partial charge in [-0.3, -0.25) is 9.36 Å². The van der Waals surface area contributed by atoms with Crippen molar-refractivity contribution in [3.63, 3.8) is 0 Å². The SMILES string of the molecule is CCOc1ccc(-c2c(-n3c(=O)[nH]c4c(C(N)=O)nccc43)cc(OC)c(OC)c2OC)cc1. The van der Waals surface area contributed by atoms with E-state index in [2.05, 4.69) is 9.97 Å². The Hall–Kier alpha value is -4.47. The van der Waals surface area contributed by atoms with Gasteiger partial charge >= 0.3 is 5.69 Å². The van der Waals surface area contributed by atoms with Crippen molar-refractivity contribution in [2.75, 3.05) is 27.9 Å². The molecular weight excluding hydrogens is 440 g/mol. The Morgan fingerprint density at radius 3 is 2.35 bits per heavy atom. The Balaban J connectivity index is 2.11. The minimum absolute atomic E-state index is 0.0385. The van der Waals surface area contributed by atoms with Gasteiger partial charge in [-0.25, -0.2) is 9.78 Å². The number of benzene rings is 2. The predicted molar refractivity (Wildman–Crippen MR) is 126 cm³/mol. The van der Waals surface area contributed by atoms with E-state index in [0.29, 0.717) is 46.4 Å². The van der Waals surface area contributed by atoms with Gasteiger partial charge in [-0.15, -0.1) is 0 Å². The molecule has 0 fully saturated rings. The second-order valence-electron chi connectivity index (χ2n) is 7.18. The van der Waals surface area contributed by atoms with Crippen LogP contribution < -0.4 is 30.4 Å². The third kappa shape index (κ3) is 3.68. The van der Waals surface area contributed by atoms with Crippen LogP contribution in [0.1, 0.15) is 17.4 Å². The first-order valence-electron chi connectivity index (χ1n) is 10.4. The molecule has 2 aromatic carbocycles. The van der Waals surface area contributed by atoms with Gasteiger partial charge in [-0.2, -0.15) is 0 Å². The Labute approximate surface area is 194 Å². The molecule has 0 bridgehead atoms. The summed E-state index contributed by atoms with van der Waals surface area (Å²) in [6, 6.07) is 10.7. The Kier molecular flexibility index (Phi) is 6.13. The number of aromatic amines is 1. The molecule has 0 spiro atoms. The quantitative estimate of drug-likeness (QED) is 0.410. The molecule has 4 rings (SSSR count). The number of amides is 1. The van der Waals surface area contributed by atoms with Crippen LogP contribution in [0.25, 0.3) is 27.8 Å². The summed E-state index contributed by atoms with van der Waals surface area (Å²) >= 11 is 0. The molecule has 0 atom stereocenters. The fraction of sp³-hybridized carbons (Fsp3) is 0.208. The van der Waals surface area contributed by atoms with E-state index in [1.165, 1.54) is 32.1 Å². The van der Waals surface area contributed by atoms with Crippen LogP contribution in [0.15, 0.2) is 47.4 Å². The predicted octanol–water partition coefficient (Wildman–Crippen LogP) is 2.90. The van der Waals surface area contributed by atoms with Crippen LogP contribution in [-0.2, 0) is 0 Å². The van der Waals surface area contributed by atoms with Crippen LogP contribution in [0.4, 0.5) is 0 Å². The number of aromatic nitrogens is 3. The van der Waals surface area contributed by atoms with Gasteiger partial charge in [0.25, 0.3) is 5.91 Å². The highest BCUT2D eigenvalue weighted by molar-refractivity contribution is 6.02. The number of methoxy groups -OCH3 is 3. The number of hydrogen-bond donors (Lipinski definition) is 2. The summed E-state index contributed by atoms with van der Waals surface area (Å²) in [6.45, 7) is 2.44. The van der Waals surface area contributed by atoms with Crippen molar-refractivity contribution in [1.82, 2.24) is 14.5 Å². The minimum atomic E-state index is -0.754. The van der Waals surface area contributed by atoms with Crippen molar-refractivity contribution in [3.05, 3.63) is 58.8 Å². The summed E-state index contributed by atoms with van der Waals surface area (Å²) in [5.41, 5.74) is 7.33. The van der Waals surface area contributed by atoms with Gasteiger partial charge in [-0.05, 0) is 30.7 Å². The van der Waals surface area contributed by atoms with Gasteiger partial charge in [-0.1, -0.05) is 12.1 Å². The van der Waals surface area contributed by atoms with Crippen molar-refractivity contribution in [1.29, 1.82) is 0 Å². The molecule has 0 aliphatic carbocycles. The number of primary amides is 1. The highest BCUT2D eigenvalue weighted by atomic mass is 16.5. The molecular formula is C24H24N4O6. The summed E-state index contributed by atoms with van der Waals surface area (Å²) < 4.78 is 23.8. The van der Waals surface area contributed by atoms with Gasteiger partial charge in [0.15, 0.2) is 17.2 Å². The average Bonchev–Trinajstić information content (AvgIpc) is 3.18. The zero-order valence-electron chi connectivity index (χ0n) is 19.2. The minimum Gasteiger partial charge on any atom is -0.494 e. The molecule has 10 heteroatoms. The molecule has 0 unspecified atom stereocenters. The Morgan fingerprint density at radius 2 is 1.76 bits per heavy atom. The molecule has 1 amide bonds. The molecule has 0 radical (unpaired) electrons. The maximum atomic E-state index is 13.2. The van der Waals surface area contributed by atoms with E-state index >= 15 is 0 Å². The summed E-state index contributed by atoms with van der Waals surface area (Å²) in [5.74, 6) is 1.04. The number of nitrogens with zero attached hydrogens (tertiary/aromatic N) is 2. The van der Waals surface area contributed by atoms with Crippen LogP contribution in [-0.4, -0.2) is 48.4 Å². The zero-order chi connectivity index (χ0) is 24.4. The van der Waals surface area contributed by atoms with Gasteiger partial charge in [0, 0.05) is 12.3 Å². The highest BCUT2D eigenvalue weighted by Gasteiger charge is 2.26. The molecule has 176 valence electrons. The molecule has 10 nitrogen and oxygen atoms in total. The van der Waals surface area contributed by atoms with Crippen LogP contribution in [0.3, 0.4) is 0 Å². The number of rotatable bonds is 8. The number of carbonyl (C=O) groups excluding carboxylic acids is 1. The molecule has 34 heavy (non-hydrogen) atoms. The number of nitrogens with two attached hydrogens (primary N) is 1. The first kappa shape index (κ1) is 22.7. The number of hydrogen-bond acceptors (Lipinski definition) is 7. The van der Waals surface area contributed by atoms with Crippen LogP contribution >= 0.6 is 0 Å². The number of pyridine rings is 1. The lowest BCUT2D eigenvalue weighted by molar-refractivity contribution is 0.0997. The Morgan fingerprint density at radius 1 is 1.06 bits per heavy atom. The lowest BCUT2D eigenvalue weighted by Gasteiger charge is -2.20. The Bertz CT molecular complexity index is 1420. The van der Waals surface area contributed by atoms with Crippen molar-refractivity contribution in [2.24, 2.45) is 5.73 Å². The van der Waals surface area contributed by atoms with E-state index in [0.717, 1.165) is 5.56 Å². The van der Waals surface area contributed by atoms with Crippen molar-refractivity contribution in [3.8, 4) is 39.8 Å². The molecule has 0 saturated carbocycles. The lowest BCUT2D eigenvalue weighted by atomic mass is 10.0. The summed E-state index contributed by atoms with van der Waals surface area (Å²) in [7, 11) is 4.50. The number of imidazole rings is 1. The molecule has 2 heterocycles. The number of H-pyrrole nitrogens is 1. The van der Waals surface area contributed by atoms with Crippen molar-refractivity contribution in [2.45, 2.75) is 6.92 Å². The van der Waals surface area contributed by atoms with Crippen LogP contribution in [0.2, 0.25) is 0 Å². The van der Waals surface area contributed by atoms with Crippen LogP contribution in [0.5, 0.6) is 23.0 Å². The maximum absolute atomic E-state index is 13.2. The second kappa shape index (κ2) is 9.18. The van der Waals surface area contributed by atoms with Crippen molar-refractivity contribution < 1.29 is 23.7 Å².